The molecule has 76 valence electrons. The Labute approximate surface area is 86.0 Å². The lowest BCUT2D eigenvalue weighted by atomic mass is 9.82. The minimum absolute atomic E-state index is 0.531. The highest BCUT2D eigenvalue weighted by atomic mass is 15.1. The molecular formula is C12H18N2. The molecule has 0 amide bonds. The van der Waals surface area contributed by atoms with Gasteiger partial charge in [0.15, 0.2) is 0 Å². The van der Waals surface area contributed by atoms with Crippen molar-refractivity contribution in [3.63, 3.8) is 0 Å². The van der Waals surface area contributed by atoms with Crippen molar-refractivity contribution in [3.8, 4) is 0 Å². The van der Waals surface area contributed by atoms with Crippen molar-refractivity contribution >= 4 is 5.69 Å². The lowest BCUT2D eigenvalue weighted by molar-refractivity contribution is 0.280. The summed E-state index contributed by atoms with van der Waals surface area (Å²) in [6.45, 7) is 7.07. The van der Waals surface area contributed by atoms with Crippen molar-refractivity contribution in [1.29, 1.82) is 0 Å². The van der Waals surface area contributed by atoms with Crippen molar-refractivity contribution < 1.29 is 0 Å². The highest BCUT2D eigenvalue weighted by Crippen LogP contribution is 2.31. The second-order valence-electron chi connectivity index (χ2n) is 4.86. The van der Waals surface area contributed by atoms with Gasteiger partial charge in [0.1, 0.15) is 0 Å². The molecule has 0 aromatic carbocycles. The van der Waals surface area contributed by atoms with Gasteiger partial charge in [-0.3, -0.25) is 4.98 Å². The van der Waals surface area contributed by atoms with E-state index in [0.29, 0.717) is 5.41 Å². The molecule has 0 N–H and O–H groups in total. The SMILES string of the molecule is CC1(C)CCN(c2ccncc2)CC1. The van der Waals surface area contributed by atoms with Gasteiger partial charge in [-0.05, 0) is 30.4 Å². The van der Waals surface area contributed by atoms with Crippen LogP contribution in [0.4, 0.5) is 5.69 Å². The molecular weight excluding hydrogens is 172 g/mol. The summed E-state index contributed by atoms with van der Waals surface area (Å²) in [5.74, 6) is 0. The second-order valence-corrected chi connectivity index (χ2v) is 4.86. The Kier molecular flexibility index (Phi) is 2.44. The standard InChI is InChI=1S/C12H18N2/c1-12(2)5-9-14(10-6-12)11-3-7-13-8-4-11/h3-4,7-8H,5-6,9-10H2,1-2H3. The lowest BCUT2D eigenvalue weighted by Gasteiger charge is -2.38. The molecule has 0 radical (unpaired) electrons. The Morgan fingerprint density at radius 3 is 2.29 bits per heavy atom. The molecule has 2 heteroatoms. The van der Waals surface area contributed by atoms with Gasteiger partial charge in [0.05, 0.1) is 0 Å². The molecule has 2 heterocycles. The highest BCUT2D eigenvalue weighted by Gasteiger charge is 2.25. The van der Waals surface area contributed by atoms with E-state index in [1.165, 1.54) is 31.6 Å². The number of hydrogen-bond donors (Lipinski definition) is 0. The lowest BCUT2D eigenvalue weighted by Crippen LogP contribution is -2.37. The Bertz CT molecular complexity index is 282. The molecule has 0 bridgehead atoms. The van der Waals surface area contributed by atoms with E-state index in [9.17, 15) is 0 Å². The molecule has 2 rings (SSSR count). The van der Waals surface area contributed by atoms with Crippen LogP contribution in [0.2, 0.25) is 0 Å². The van der Waals surface area contributed by atoms with Crippen LogP contribution in [-0.4, -0.2) is 18.1 Å². The van der Waals surface area contributed by atoms with Gasteiger partial charge < -0.3 is 4.90 Å². The van der Waals surface area contributed by atoms with E-state index in [1.54, 1.807) is 0 Å². The number of pyridine rings is 1. The first-order valence-electron chi connectivity index (χ1n) is 5.32. The molecule has 0 atom stereocenters. The van der Waals surface area contributed by atoms with Gasteiger partial charge in [-0.25, -0.2) is 0 Å². The third-order valence-corrected chi connectivity index (χ3v) is 3.14. The highest BCUT2D eigenvalue weighted by molar-refractivity contribution is 5.44. The number of nitrogens with zero attached hydrogens (tertiary/aromatic N) is 2. The van der Waals surface area contributed by atoms with E-state index in [1.807, 2.05) is 12.4 Å². The van der Waals surface area contributed by atoms with Crippen LogP contribution in [0.15, 0.2) is 24.5 Å². The summed E-state index contributed by atoms with van der Waals surface area (Å²) in [5.41, 5.74) is 1.85. The minimum atomic E-state index is 0.531. The molecule has 1 aliphatic rings. The fourth-order valence-corrected chi connectivity index (χ4v) is 1.93. The van der Waals surface area contributed by atoms with E-state index >= 15 is 0 Å². The summed E-state index contributed by atoms with van der Waals surface area (Å²) in [6.07, 6.45) is 6.31. The molecule has 14 heavy (non-hydrogen) atoms. The van der Waals surface area contributed by atoms with Crippen LogP contribution in [0.5, 0.6) is 0 Å². The molecule has 2 nitrogen and oxygen atoms in total. The van der Waals surface area contributed by atoms with E-state index in [2.05, 4.69) is 35.9 Å². The predicted octanol–water partition coefficient (Wildman–Crippen LogP) is 2.71. The summed E-state index contributed by atoms with van der Waals surface area (Å²) in [4.78, 5) is 6.49. The zero-order valence-electron chi connectivity index (χ0n) is 9.03. The topological polar surface area (TPSA) is 16.1 Å². The molecule has 0 saturated carbocycles. The van der Waals surface area contributed by atoms with Gasteiger partial charge in [-0.1, -0.05) is 13.8 Å². The van der Waals surface area contributed by atoms with Crippen LogP contribution in [0.25, 0.3) is 0 Å². The third kappa shape index (κ3) is 2.06. The van der Waals surface area contributed by atoms with Gasteiger partial charge in [-0.15, -0.1) is 0 Å². The quantitative estimate of drug-likeness (QED) is 0.677. The van der Waals surface area contributed by atoms with Crippen LogP contribution >= 0.6 is 0 Å². The van der Waals surface area contributed by atoms with Crippen LogP contribution < -0.4 is 4.90 Å². The van der Waals surface area contributed by atoms with E-state index in [-0.39, 0.29) is 0 Å². The van der Waals surface area contributed by atoms with Gasteiger partial charge in [0.25, 0.3) is 0 Å². The monoisotopic (exact) mass is 190 g/mol. The van der Waals surface area contributed by atoms with Crippen molar-refractivity contribution in [2.24, 2.45) is 5.41 Å². The molecule has 0 spiro atoms. The van der Waals surface area contributed by atoms with Crippen molar-refractivity contribution in [3.05, 3.63) is 24.5 Å². The number of hydrogen-bond acceptors (Lipinski definition) is 2. The first-order valence-corrected chi connectivity index (χ1v) is 5.32. The second kappa shape index (κ2) is 3.60. The van der Waals surface area contributed by atoms with E-state index in [0.717, 1.165) is 0 Å². The Balaban J connectivity index is 2.03. The van der Waals surface area contributed by atoms with E-state index in [4.69, 9.17) is 0 Å². The first kappa shape index (κ1) is 9.50. The van der Waals surface area contributed by atoms with Crippen LogP contribution in [0.3, 0.4) is 0 Å². The molecule has 1 saturated heterocycles. The van der Waals surface area contributed by atoms with Crippen LogP contribution in [-0.2, 0) is 0 Å². The zero-order chi connectivity index (χ0) is 10.0. The number of anilines is 1. The number of rotatable bonds is 1. The average molecular weight is 190 g/mol. The van der Waals surface area contributed by atoms with Gasteiger partial charge in [-0.2, -0.15) is 0 Å². The summed E-state index contributed by atoms with van der Waals surface area (Å²) < 4.78 is 0. The minimum Gasteiger partial charge on any atom is -0.371 e. The average Bonchev–Trinajstić information content (AvgIpc) is 2.19. The number of aromatic nitrogens is 1. The Morgan fingerprint density at radius 2 is 1.71 bits per heavy atom. The maximum Gasteiger partial charge on any atom is 0.0397 e. The molecule has 0 aliphatic carbocycles. The molecule has 1 fully saturated rings. The summed E-state index contributed by atoms with van der Waals surface area (Å²) >= 11 is 0. The molecule has 1 aromatic rings. The van der Waals surface area contributed by atoms with Gasteiger partial charge >= 0.3 is 0 Å². The Morgan fingerprint density at radius 1 is 1.14 bits per heavy atom. The van der Waals surface area contributed by atoms with Gasteiger partial charge in [0.2, 0.25) is 0 Å². The smallest absolute Gasteiger partial charge is 0.0397 e. The molecule has 1 aliphatic heterocycles. The third-order valence-electron chi connectivity index (χ3n) is 3.14. The number of piperidine rings is 1. The maximum absolute atomic E-state index is 4.04. The summed E-state index contributed by atoms with van der Waals surface area (Å²) in [5, 5.41) is 0. The molecule has 1 aromatic heterocycles. The summed E-state index contributed by atoms with van der Waals surface area (Å²) in [6, 6.07) is 4.19. The zero-order valence-corrected chi connectivity index (χ0v) is 9.03. The fourth-order valence-electron chi connectivity index (χ4n) is 1.93. The van der Waals surface area contributed by atoms with Crippen molar-refractivity contribution in [1.82, 2.24) is 4.98 Å². The van der Waals surface area contributed by atoms with Crippen molar-refractivity contribution in [2.45, 2.75) is 26.7 Å². The van der Waals surface area contributed by atoms with Crippen molar-refractivity contribution in [2.75, 3.05) is 18.0 Å². The van der Waals surface area contributed by atoms with E-state index < -0.39 is 0 Å². The summed E-state index contributed by atoms with van der Waals surface area (Å²) in [7, 11) is 0. The van der Waals surface area contributed by atoms with Crippen LogP contribution in [0.1, 0.15) is 26.7 Å². The first-order chi connectivity index (χ1) is 6.67. The van der Waals surface area contributed by atoms with Gasteiger partial charge in [0, 0.05) is 31.2 Å². The predicted molar refractivity (Wildman–Crippen MR) is 59.5 cm³/mol. The largest absolute Gasteiger partial charge is 0.371 e. The maximum atomic E-state index is 4.04. The fraction of sp³-hybridized carbons (Fsp3) is 0.583. The normalized spacial score (nSPS) is 20.9. The Hall–Kier alpha value is -1.05. The van der Waals surface area contributed by atoms with Crippen LogP contribution in [0, 0.1) is 5.41 Å². The molecule has 0 unspecified atom stereocenters.